The fourth-order valence-electron chi connectivity index (χ4n) is 3.76. The van der Waals surface area contributed by atoms with Gasteiger partial charge < -0.3 is 24.5 Å². The Balaban J connectivity index is 1.27. The molecule has 190 valence electrons. The van der Waals surface area contributed by atoms with Gasteiger partial charge in [0.25, 0.3) is 5.91 Å². The van der Waals surface area contributed by atoms with Crippen LogP contribution in [-0.2, 0) is 17.8 Å². The molecule has 0 unspecified atom stereocenters. The number of hydrogen-bond donors (Lipinski definition) is 2. The molecular formula is C25H24F3N3O5. The van der Waals surface area contributed by atoms with Gasteiger partial charge in [0.2, 0.25) is 11.8 Å². The number of ether oxygens (including phenoxy) is 1. The Hall–Kier alpha value is -3.86. The maximum Gasteiger partial charge on any atom is 0.573 e. The summed E-state index contributed by atoms with van der Waals surface area (Å²) in [6, 6.07) is 12.2. The largest absolute Gasteiger partial charge is 0.573 e. The van der Waals surface area contributed by atoms with Crippen LogP contribution in [0.25, 0.3) is 11.5 Å². The molecule has 1 aliphatic heterocycles. The number of rotatable bonds is 7. The van der Waals surface area contributed by atoms with Gasteiger partial charge in [-0.05, 0) is 48.2 Å². The molecule has 2 N–H and O–H groups in total. The minimum absolute atomic E-state index is 0.00742. The summed E-state index contributed by atoms with van der Waals surface area (Å²) in [5.41, 5.74) is 2.23. The van der Waals surface area contributed by atoms with E-state index in [4.69, 9.17) is 4.42 Å². The smallest absolute Gasteiger partial charge is 0.444 e. The molecule has 0 radical (unpaired) electrons. The Morgan fingerprint density at radius 2 is 1.69 bits per heavy atom. The Morgan fingerprint density at radius 1 is 1.06 bits per heavy atom. The van der Waals surface area contributed by atoms with Crippen molar-refractivity contribution in [1.29, 1.82) is 0 Å². The second kappa shape index (κ2) is 10.8. The number of benzene rings is 2. The molecule has 0 aliphatic carbocycles. The minimum Gasteiger partial charge on any atom is -0.444 e. The van der Waals surface area contributed by atoms with Gasteiger partial charge in [0.1, 0.15) is 12.0 Å². The maximum absolute atomic E-state index is 12.6. The van der Waals surface area contributed by atoms with Crippen LogP contribution in [0, 0.1) is 0 Å². The van der Waals surface area contributed by atoms with Gasteiger partial charge >= 0.3 is 6.36 Å². The number of alkyl halides is 3. The predicted molar refractivity (Wildman–Crippen MR) is 122 cm³/mol. The van der Waals surface area contributed by atoms with Crippen molar-refractivity contribution in [2.45, 2.75) is 38.3 Å². The predicted octanol–water partition coefficient (Wildman–Crippen LogP) is 3.70. The van der Waals surface area contributed by atoms with E-state index in [0.717, 1.165) is 17.7 Å². The summed E-state index contributed by atoms with van der Waals surface area (Å²) in [7, 11) is 0. The van der Waals surface area contributed by atoms with Gasteiger partial charge in [-0.2, -0.15) is 0 Å². The van der Waals surface area contributed by atoms with Crippen LogP contribution in [0.1, 0.15) is 34.5 Å². The minimum atomic E-state index is -4.76. The van der Waals surface area contributed by atoms with E-state index in [2.05, 4.69) is 15.0 Å². The number of piperidine rings is 1. The summed E-state index contributed by atoms with van der Waals surface area (Å²) >= 11 is 0. The Bertz CT molecular complexity index is 1180. The summed E-state index contributed by atoms with van der Waals surface area (Å²) in [5, 5.41) is 12.4. The number of carbonyl (C=O) groups excluding carboxylic acids is 2. The molecule has 0 atom stereocenters. The summed E-state index contributed by atoms with van der Waals surface area (Å²) in [6.07, 6.45) is -2.74. The average molecular weight is 503 g/mol. The first-order chi connectivity index (χ1) is 17.2. The molecule has 0 saturated carbocycles. The zero-order valence-electron chi connectivity index (χ0n) is 19.1. The second-order valence-electron chi connectivity index (χ2n) is 8.40. The van der Waals surface area contributed by atoms with E-state index in [9.17, 15) is 27.9 Å². The summed E-state index contributed by atoms with van der Waals surface area (Å²) in [6.45, 7) is 1.20. The molecule has 11 heteroatoms. The highest BCUT2D eigenvalue weighted by Gasteiger charge is 2.31. The molecule has 8 nitrogen and oxygen atoms in total. The van der Waals surface area contributed by atoms with Crippen LogP contribution in [0.4, 0.5) is 13.2 Å². The zero-order chi connectivity index (χ0) is 25.7. The van der Waals surface area contributed by atoms with Crippen LogP contribution in [0.3, 0.4) is 0 Å². The number of likely N-dealkylation sites (tertiary alicyclic amines) is 1. The molecule has 2 heterocycles. The number of aliphatic hydroxyl groups is 1. The fourth-order valence-corrected chi connectivity index (χ4v) is 3.76. The molecule has 2 aromatic carbocycles. The van der Waals surface area contributed by atoms with Crippen LogP contribution < -0.4 is 10.1 Å². The highest BCUT2D eigenvalue weighted by Crippen LogP contribution is 2.23. The highest BCUT2D eigenvalue weighted by atomic mass is 19.4. The van der Waals surface area contributed by atoms with E-state index in [1.54, 1.807) is 29.2 Å². The van der Waals surface area contributed by atoms with Crippen LogP contribution in [0.5, 0.6) is 5.75 Å². The first kappa shape index (κ1) is 25.2. The van der Waals surface area contributed by atoms with Gasteiger partial charge in [-0.3, -0.25) is 9.59 Å². The molecule has 1 fully saturated rings. The highest BCUT2D eigenvalue weighted by molar-refractivity contribution is 5.92. The van der Waals surface area contributed by atoms with E-state index in [1.165, 1.54) is 18.4 Å². The zero-order valence-corrected chi connectivity index (χ0v) is 19.1. The van der Waals surface area contributed by atoms with Gasteiger partial charge in [-0.15, -0.1) is 13.2 Å². The normalized spacial score (nSPS) is 14.5. The third-order valence-corrected chi connectivity index (χ3v) is 5.69. The number of aliphatic hydroxyl groups excluding tert-OH is 1. The first-order valence-electron chi connectivity index (χ1n) is 11.3. The average Bonchev–Trinajstić information content (AvgIpc) is 3.34. The van der Waals surface area contributed by atoms with Crippen molar-refractivity contribution < 1.29 is 37.0 Å². The number of carbonyl (C=O) groups is 2. The van der Waals surface area contributed by atoms with Gasteiger partial charge in [-0.25, -0.2) is 4.98 Å². The van der Waals surface area contributed by atoms with Crippen molar-refractivity contribution in [3.05, 3.63) is 71.6 Å². The monoisotopic (exact) mass is 503 g/mol. The van der Waals surface area contributed by atoms with Crippen molar-refractivity contribution in [2.24, 2.45) is 0 Å². The second-order valence-corrected chi connectivity index (χ2v) is 8.40. The van der Waals surface area contributed by atoms with E-state index >= 15 is 0 Å². The fraction of sp³-hybridized carbons (Fsp3) is 0.320. The summed E-state index contributed by atoms with van der Waals surface area (Å²) < 4.78 is 46.0. The van der Waals surface area contributed by atoms with Crippen LogP contribution in [-0.4, -0.2) is 52.4 Å². The first-order valence-corrected chi connectivity index (χ1v) is 11.3. The Kier molecular flexibility index (Phi) is 7.58. The summed E-state index contributed by atoms with van der Waals surface area (Å²) in [5.74, 6) is -0.576. The molecule has 4 rings (SSSR count). The molecule has 36 heavy (non-hydrogen) atoms. The lowest BCUT2D eigenvalue weighted by Crippen LogP contribution is -2.40. The third kappa shape index (κ3) is 6.85. The number of aromatic nitrogens is 1. The number of amides is 2. The lowest BCUT2D eigenvalue weighted by Gasteiger charge is -2.28. The van der Waals surface area contributed by atoms with Gasteiger partial charge in [0, 0.05) is 25.2 Å². The van der Waals surface area contributed by atoms with Crippen molar-refractivity contribution in [2.75, 3.05) is 13.1 Å². The van der Waals surface area contributed by atoms with Crippen LogP contribution >= 0.6 is 0 Å². The van der Waals surface area contributed by atoms with Crippen molar-refractivity contribution in [1.82, 2.24) is 15.2 Å². The number of nitrogens with zero attached hydrogens (tertiary/aromatic N) is 2. The molecule has 1 aliphatic rings. The number of hydrogen-bond acceptors (Lipinski definition) is 6. The molecular weight excluding hydrogens is 479 g/mol. The number of nitrogens with one attached hydrogen (secondary N) is 1. The van der Waals surface area contributed by atoms with Crippen molar-refractivity contribution >= 4 is 11.8 Å². The molecule has 1 aromatic heterocycles. The quantitative estimate of drug-likeness (QED) is 0.510. The van der Waals surface area contributed by atoms with Crippen LogP contribution in [0.2, 0.25) is 0 Å². The lowest BCUT2D eigenvalue weighted by molar-refractivity contribution is -0.274. The standard InChI is InChI=1S/C25H24F3N3O5/c26-25(27,28)36-20-7-3-16(4-8-20)13-22(33)29-14-17-1-5-18(6-2-17)23-30-21(15-35-23)24(34)31-11-9-19(32)10-12-31/h1-8,15,19,32H,9-14H2,(H,29,33). The van der Waals surface area contributed by atoms with Gasteiger partial charge in [-0.1, -0.05) is 24.3 Å². The Labute approximate surface area is 204 Å². The van der Waals surface area contributed by atoms with Crippen molar-refractivity contribution in [3.63, 3.8) is 0 Å². The van der Waals surface area contributed by atoms with E-state index in [0.29, 0.717) is 42.9 Å². The number of halogens is 3. The molecule has 2 amide bonds. The third-order valence-electron chi connectivity index (χ3n) is 5.69. The van der Waals surface area contributed by atoms with Crippen molar-refractivity contribution in [3.8, 4) is 17.2 Å². The molecule has 0 spiro atoms. The van der Waals surface area contributed by atoms with E-state index < -0.39 is 6.36 Å². The number of oxazole rings is 1. The maximum atomic E-state index is 12.6. The SMILES string of the molecule is O=C(Cc1ccc(OC(F)(F)F)cc1)NCc1ccc(-c2nc(C(=O)N3CCC(O)CC3)co2)cc1. The molecule has 3 aromatic rings. The lowest BCUT2D eigenvalue weighted by atomic mass is 10.1. The van der Waals surface area contributed by atoms with E-state index in [-0.39, 0.29) is 42.3 Å². The van der Waals surface area contributed by atoms with E-state index in [1.807, 2.05) is 0 Å². The molecule has 1 saturated heterocycles. The Morgan fingerprint density at radius 3 is 2.33 bits per heavy atom. The topological polar surface area (TPSA) is 105 Å². The van der Waals surface area contributed by atoms with Crippen LogP contribution in [0.15, 0.2) is 59.2 Å². The van der Waals surface area contributed by atoms with Gasteiger partial charge in [0.15, 0.2) is 5.69 Å². The van der Waals surface area contributed by atoms with Gasteiger partial charge in [0.05, 0.1) is 12.5 Å². The molecule has 0 bridgehead atoms. The summed E-state index contributed by atoms with van der Waals surface area (Å²) in [4.78, 5) is 30.7.